The lowest BCUT2D eigenvalue weighted by Crippen LogP contribution is -2.21. The fourth-order valence-electron chi connectivity index (χ4n) is 1.33. The lowest BCUT2D eigenvalue weighted by molar-refractivity contribution is -0.384. The average Bonchev–Trinajstić information content (AvgIpc) is 2.37. The minimum atomic E-state index is -0.879. The van der Waals surface area contributed by atoms with Gasteiger partial charge in [0.2, 0.25) is 0 Å². The number of hydrogen-bond acceptors (Lipinski definition) is 6. The Hall–Kier alpha value is -2.44. The van der Waals surface area contributed by atoms with Gasteiger partial charge in [-0.25, -0.2) is 4.79 Å². The molecule has 0 saturated carbocycles. The highest BCUT2D eigenvalue weighted by Crippen LogP contribution is 2.25. The third kappa shape index (κ3) is 3.51. The summed E-state index contributed by atoms with van der Waals surface area (Å²) in [6.45, 7) is 2.74. The summed E-state index contributed by atoms with van der Waals surface area (Å²) in [5, 5.41) is 13.5. The number of ether oxygens (including phenoxy) is 1. The molecule has 1 rings (SSSR count). The second-order valence-corrected chi connectivity index (χ2v) is 3.90. The van der Waals surface area contributed by atoms with Crippen LogP contribution in [0.15, 0.2) is 18.2 Å². The van der Waals surface area contributed by atoms with Gasteiger partial charge in [-0.3, -0.25) is 14.9 Å². The minimum absolute atomic E-state index is 0.0267. The van der Waals surface area contributed by atoms with E-state index in [-0.39, 0.29) is 17.0 Å². The Labute approximate surface area is 109 Å². The van der Waals surface area contributed by atoms with Gasteiger partial charge in [-0.2, -0.15) is 0 Å². The molecule has 0 aliphatic carbocycles. The summed E-state index contributed by atoms with van der Waals surface area (Å²) < 4.78 is 4.87. The molecule has 0 aromatic heterocycles. The Morgan fingerprint density at radius 1 is 1.42 bits per heavy atom. The molecule has 0 fully saturated rings. The number of esters is 1. The van der Waals surface area contributed by atoms with Gasteiger partial charge in [0.1, 0.15) is 5.69 Å². The van der Waals surface area contributed by atoms with Crippen molar-refractivity contribution in [2.45, 2.75) is 20.0 Å². The molecule has 0 heterocycles. The van der Waals surface area contributed by atoms with Crippen molar-refractivity contribution in [2.24, 2.45) is 0 Å². The van der Waals surface area contributed by atoms with Crippen LogP contribution >= 0.6 is 0 Å². The van der Waals surface area contributed by atoms with Gasteiger partial charge in [0.15, 0.2) is 11.9 Å². The number of benzene rings is 1. The lowest BCUT2D eigenvalue weighted by atomic mass is 10.1. The van der Waals surface area contributed by atoms with E-state index in [1.54, 1.807) is 0 Å². The normalized spacial score (nSPS) is 11.5. The monoisotopic (exact) mass is 266 g/mol. The highest BCUT2D eigenvalue weighted by atomic mass is 16.6. The topological polar surface area (TPSA) is 98.5 Å². The minimum Gasteiger partial charge on any atom is -0.451 e. The molecule has 7 heteroatoms. The van der Waals surface area contributed by atoms with E-state index < -0.39 is 17.0 Å². The van der Waals surface area contributed by atoms with Crippen LogP contribution in [-0.2, 0) is 9.53 Å². The van der Waals surface area contributed by atoms with Crippen molar-refractivity contribution in [3.05, 3.63) is 33.9 Å². The molecule has 102 valence electrons. The van der Waals surface area contributed by atoms with E-state index in [0.29, 0.717) is 5.69 Å². The van der Waals surface area contributed by atoms with Crippen molar-refractivity contribution in [1.29, 1.82) is 0 Å². The number of ketones is 1. The third-order valence-electron chi connectivity index (χ3n) is 2.56. The van der Waals surface area contributed by atoms with Gasteiger partial charge in [-0.15, -0.1) is 0 Å². The molecule has 0 radical (unpaired) electrons. The summed E-state index contributed by atoms with van der Waals surface area (Å²) in [5.41, 5.74) is 0.0902. The zero-order valence-corrected chi connectivity index (χ0v) is 10.8. The molecule has 0 spiro atoms. The quantitative estimate of drug-likeness (QED) is 0.495. The predicted molar refractivity (Wildman–Crippen MR) is 68.2 cm³/mol. The molecule has 0 amide bonds. The number of nitro benzene ring substituents is 1. The fourth-order valence-corrected chi connectivity index (χ4v) is 1.33. The Kier molecular flexibility index (Phi) is 4.57. The summed E-state index contributed by atoms with van der Waals surface area (Å²) in [7, 11) is 1.54. The number of carbonyl (C=O) groups is 2. The molecule has 1 N–H and O–H groups in total. The Morgan fingerprint density at radius 2 is 2.05 bits per heavy atom. The number of anilines is 1. The van der Waals surface area contributed by atoms with E-state index in [0.717, 1.165) is 6.07 Å². The van der Waals surface area contributed by atoms with Gasteiger partial charge in [-0.05, 0) is 26.0 Å². The van der Waals surface area contributed by atoms with E-state index in [2.05, 4.69) is 5.32 Å². The van der Waals surface area contributed by atoms with Crippen LogP contribution in [0.1, 0.15) is 24.2 Å². The van der Waals surface area contributed by atoms with E-state index >= 15 is 0 Å². The van der Waals surface area contributed by atoms with Crippen LogP contribution in [0, 0.1) is 10.1 Å². The van der Waals surface area contributed by atoms with Crippen molar-refractivity contribution < 1.29 is 19.2 Å². The highest BCUT2D eigenvalue weighted by Gasteiger charge is 2.20. The van der Waals surface area contributed by atoms with Gasteiger partial charge in [0.25, 0.3) is 5.69 Å². The average molecular weight is 266 g/mol. The number of nitrogens with one attached hydrogen (secondary N) is 1. The molecule has 1 atom stereocenters. The number of Topliss-reactive ketones (excluding diaryl/α,β-unsaturated/α-hetero) is 1. The van der Waals surface area contributed by atoms with Crippen LogP contribution in [0.5, 0.6) is 0 Å². The van der Waals surface area contributed by atoms with Gasteiger partial charge < -0.3 is 10.1 Å². The van der Waals surface area contributed by atoms with Crippen LogP contribution in [0.25, 0.3) is 0 Å². The van der Waals surface area contributed by atoms with Crippen molar-refractivity contribution in [3.8, 4) is 0 Å². The first-order valence-corrected chi connectivity index (χ1v) is 5.54. The standard InChI is InChI=1S/C12H14N2O5/c1-7(15)8(2)19-12(16)9-4-5-10(13-3)11(6-9)14(17)18/h4-6,8,13H,1-3H3/t8-/m0/s1. The molecular weight excluding hydrogens is 252 g/mol. The molecule has 0 unspecified atom stereocenters. The van der Waals surface area contributed by atoms with Gasteiger partial charge >= 0.3 is 5.97 Å². The first kappa shape index (κ1) is 14.6. The number of rotatable bonds is 5. The maximum atomic E-state index is 11.7. The van der Waals surface area contributed by atoms with E-state index in [4.69, 9.17) is 4.74 Å². The van der Waals surface area contributed by atoms with Crippen molar-refractivity contribution >= 4 is 23.1 Å². The van der Waals surface area contributed by atoms with Crippen LogP contribution < -0.4 is 5.32 Å². The van der Waals surface area contributed by atoms with E-state index in [1.807, 2.05) is 0 Å². The second kappa shape index (κ2) is 5.94. The zero-order chi connectivity index (χ0) is 14.6. The molecule has 1 aromatic rings. The molecule has 19 heavy (non-hydrogen) atoms. The van der Waals surface area contributed by atoms with Crippen LogP contribution in [0.2, 0.25) is 0 Å². The second-order valence-electron chi connectivity index (χ2n) is 3.90. The number of nitro groups is 1. The summed E-state index contributed by atoms with van der Waals surface area (Å²) in [5.74, 6) is -1.07. The van der Waals surface area contributed by atoms with Gasteiger partial charge in [-0.1, -0.05) is 0 Å². The molecule has 7 nitrogen and oxygen atoms in total. The van der Waals surface area contributed by atoms with Crippen molar-refractivity contribution in [1.82, 2.24) is 0 Å². The summed E-state index contributed by atoms with van der Waals surface area (Å²) >= 11 is 0. The van der Waals surface area contributed by atoms with Crippen LogP contribution in [0.4, 0.5) is 11.4 Å². The molecule has 1 aromatic carbocycles. The molecule has 0 aliphatic heterocycles. The smallest absolute Gasteiger partial charge is 0.339 e. The van der Waals surface area contributed by atoms with Crippen LogP contribution in [0.3, 0.4) is 0 Å². The Bertz CT molecular complexity index is 527. The first-order chi connectivity index (χ1) is 8.86. The Balaban J connectivity index is 3.02. The third-order valence-corrected chi connectivity index (χ3v) is 2.56. The molecule has 0 aliphatic rings. The van der Waals surface area contributed by atoms with Crippen molar-refractivity contribution in [3.63, 3.8) is 0 Å². The van der Waals surface area contributed by atoms with Gasteiger partial charge in [0.05, 0.1) is 10.5 Å². The predicted octanol–water partition coefficient (Wildman–Crippen LogP) is 1.77. The van der Waals surface area contributed by atoms with E-state index in [9.17, 15) is 19.7 Å². The van der Waals surface area contributed by atoms with Crippen LogP contribution in [-0.4, -0.2) is 29.8 Å². The van der Waals surface area contributed by atoms with Gasteiger partial charge in [0, 0.05) is 13.1 Å². The Morgan fingerprint density at radius 3 is 2.53 bits per heavy atom. The maximum Gasteiger partial charge on any atom is 0.339 e. The summed E-state index contributed by atoms with van der Waals surface area (Å²) in [6.07, 6.45) is -0.879. The molecule has 0 bridgehead atoms. The first-order valence-electron chi connectivity index (χ1n) is 5.54. The number of carbonyl (C=O) groups excluding carboxylic acids is 2. The zero-order valence-electron chi connectivity index (χ0n) is 10.8. The lowest BCUT2D eigenvalue weighted by Gasteiger charge is -2.10. The summed E-state index contributed by atoms with van der Waals surface area (Å²) in [4.78, 5) is 33.0. The molecular formula is C12H14N2O5. The molecule has 0 saturated heterocycles. The number of hydrogen-bond donors (Lipinski definition) is 1. The van der Waals surface area contributed by atoms with Crippen molar-refractivity contribution in [2.75, 3.05) is 12.4 Å². The highest BCUT2D eigenvalue weighted by molar-refractivity contribution is 5.93. The maximum absolute atomic E-state index is 11.7. The summed E-state index contributed by atoms with van der Waals surface area (Å²) in [6, 6.07) is 3.92. The van der Waals surface area contributed by atoms with E-state index in [1.165, 1.54) is 33.0 Å². The largest absolute Gasteiger partial charge is 0.451 e. The fraction of sp³-hybridized carbons (Fsp3) is 0.333. The number of nitrogens with zero attached hydrogens (tertiary/aromatic N) is 1. The SMILES string of the molecule is CNc1ccc(C(=O)O[C@@H](C)C(C)=O)cc1[N+](=O)[O-].